The highest BCUT2D eigenvalue weighted by atomic mass is 79.9. The van der Waals surface area contributed by atoms with Crippen LogP contribution in [-0.4, -0.2) is 54.2 Å². The average molecular weight is 413 g/mol. The lowest BCUT2D eigenvalue weighted by molar-refractivity contribution is -0.0926. The van der Waals surface area contributed by atoms with Crippen LogP contribution >= 0.6 is 43.2 Å². The molecule has 1 aliphatic heterocycles. The van der Waals surface area contributed by atoms with Crippen LogP contribution in [0.5, 0.6) is 0 Å². The highest BCUT2D eigenvalue weighted by Crippen LogP contribution is 2.32. The van der Waals surface area contributed by atoms with Gasteiger partial charge in [-0.25, -0.2) is 0 Å². The van der Waals surface area contributed by atoms with E-state index in [0.717, 1.165) is 7.57 Å². The molecule has 1 saturated heterocycles. The van der Waals surface area contributed by atoms with Crippen molar-refractivity contribution in [2.75, 3.05) is 26.2 Å². The number of Topliss-reactive ketones (excluding diaryl/α,β-unsaturated/α-hetero) is 1. The molecular formula is C12H15Br2NO3S. The standard InChI is InChI=1S/C12H15Br2NO3S/c1-7-3-15(4-8(6-16)18-7)5-10(17)9-2-11(13)19-12(9)14/h2,7-8,16H,3-6H2,1H3. The summed E-state index contributed by atoms with van der Waals surface area (Å²) in [6.45, 7) is 3.60. The van der Waals surface area contributed by atoms with E-state index < -0.39 is 0 Å². The summed E-state index contributed by atoms with van der Waals surface area (Å²) in [5.74, 6) is 0.0830. The molecule has 0 bridgehead atoms. The quantitative estimate of drug-likeness (QED) is 0.772. The lowest BCUT2D eigenvalue weighted by Gasteiger charge is -2.35. The zero-order valence-electron chi connectivity index (χ0n) is 10.4. The number of ether oxygens (including phenoxy) is 1. The summed E-state index contributed by atoms with van der Waals surface area (Å²) < 4.78 is 7.35. The molecule has 2 unspecified atom stereocenters. The van der Waals surface area contributed by atoms with Crippen molar-refractivity contribution >= 4 is 49.0 Å². The van der Waals surface area contributed by atoms with Crippen LogP contribution in [0.2, 0.25) is 0 Å². The van der Waals surface area contributed by atoms with Crippen LogP contribution < -0.4 is 0 Å². The molecule has 7 heteroatoms. The Morgan fingerprint density at radius 3 is 2.89 bits per heavy atom. The van der Waals surface area contributed by atoms with Crippen LogP contribution in [0.3, 0.4) is 0 Å². The summed E-state index contributed by atoms with van der Waals surface area (Å²) in [5, 5.41) is 9.18. The molecule has 2 atom stereocenters. The summed E-state index contributed by atoms with van der Waals surface area (Å²) in [5.41, 5.74) is 0.705. The van der Waals surface area contributed by atoms with Gasteiger partial charge in [-0.2, -0.15) is 0 Å². The third kappa shape index (κ3) is 4.09. The third-order valence-electron chi connectivity index (χ3n) is 2.93. The second kappa shape index (κ2) is 6.78. The Labute approximate surface area is 133 Å². The molecule has 0 spiro atoms. The minimum absolute atomic E-state index is 0.0112. The monoisotopic (exact) mass is 411 g/mol. The number of hydrogen-bond donors (Lipinski definition) is 1. The topological polar surface area (TPSA) is 49.8 Å². The smallest absolute Gasteiger partial charge is 0.178 e. The van der Waals surface area contributed by atoms with E-state index >= 15 is 0 Å². The predicted molar refractivity (Wildman–Crippen MR) is 81.9 cm³/mol. The lowest BCUT2D eigenvalue weighted by Crippen LogP contribution is -2.49. The number of hydrogen-bond acceptors (Lipinski definition) is 5. The van der Waals surface area contributed by atoms with E-state index in [2.05, 4.69) is 31.9 Å². The van der Waals surface area contributed by atoms with Crippen molar-refractivity contribution in [3.05, 3.63) is 19.2 Å². The van der Waals surface area contributed by atoms with Gasteiger partial charge in [-0.1, -0.05) is 0 Å². The summed E-state index contributed by atoms with van der Waals surface area (Å²) in [6.07, 6.45) is -0.162. The molecule has 1 aromatic rings. The first-order valence-electron chi connectivity index (χ1n) is 5.96. The largest absolute Gasteiger partial charge is 0.394 e. The van der Waals surface area contributed by atoms with Gasteiger partial charge >= 0.3 is 0 Å². The van der Waals surface area contributed by atoms with Gasteiger partial charge in [-0.15, -0.1) is 11.3 Å². The molecule has 1 fully saturated rings. The van der Waals surface area contributed by atoms with Crippen molar-refractivity contribution < 1.29 is 14.6 Å². The molecule has 2 heterocycles. The Balaban J connectivity index is 2.00. The van der Waals surface area contributed by atoms with Crippen molar-refractivity contribution in [2.45, 2.75) is 19.1 Å². The number of rotatable bonds is 4. The Bertz CT molecular complexity index is 466. The number of carbonyl (C=O) groups excluding carboxylic acids is 1. The fraction of sp³-hybridized carbons (Fsp3) is 0.583. The molecule has 19 heavy (non-hydrogen) atoms. The molecule has 0 saturated carbocycles. The van der Waals surface area contributed by atoms with E-state index in [0.29, 0.717) is 25.2 Å². The lowest BCUT2D eigenvalue weighted by atomic mass is 10.1. The van der Waals surface area contributed by atoms with Gasteiger partial charge in [-0.05, 0) is 44.8 Å². The Kier molecular flexibility index (Phi) is 5.56. The molecule has 1 aromatic heterocycles. The SMILES string of the molecule is CC1CN(CC(=O)c2cc(Br)sc2Br)CC(CO)O1. The van der Waals surface area contributed by atoms with Crippen LogP contribution in [-0.2, 0) is 4.74 Å². The van der Waals surface area contributed by atoms with Gasteiger partial charge in [0.15, 0.2) is 5.78 Å². The Morgan fingerprint density at radius 2 is 2.32 bits per heavy atom. The average Bonchev–Trinajstić information content (AvgIpc) is 2.67. The number of aliphatic hydroxyl groups is 1. The van der Waals surface area contributed by atoms with E-state index in [1.54, 1.807) is 0 Å². The van der Waals surface area contributed by atoms with Gasteiger partial charge in [0.2, 0.25) is 0 Å². The summed E-state index contributed by atoms with van der Waals surface area (Å²) in [7, 11) is 0. The molecule has 4 nitrogen and oxygen atoms in total. The molecular weight excluding hydrogens is 398 g/mol. The number of carbonyl (C=O) groups is 1. The fourth-order valence-corrected chi connectivity index (χ4v) is 5.04. The third-order valence-corrected chi connectivity index (χ3v) is 5.27. The molecule has 1 aliphatic rings. The molecule has 0 amide bonds. The van der Waals surface area contributed by atoms with Crippen molar-refractivity contribution in [1.82, 2.24) is 4.90 Å². The first kappa shape index (κ1) is 15.6. The highest BCUT2D eigenvalue weighted by molar-refractivity contribution is 9.12. The molecule has 1 N–H and O–H groups in total. The minimum Gasteiger partial charge on any atom is -0.394 e. The van der Waals surface area contributed by atoms with Gasteiger partial charge in [0, 0.05) is 18.7 Å². The highest BCUT2D eigenvalue weighted by Gasteiger charge is 2.27. The van der Waals surface area contributed by atoms with Crippen LogP contribution in [0.4, 0.5) is 0 Å². The maximum atomic E-state index is 12.3. The van der Waals surface area contributed by atoms with E-state index in [-0.39, 0.29) is 24.6 Å². The van der Waals surface area contributed by atoms with Gasteiger partial charge in [0.1, 0.15) is 0 Å². The fourth-order valence-electron chi connectivity index (χ4n) is 2.19. The Morgan fingerprint density at radius 1 is 1.58 bits per heavy atom. The number of morpholine rings is 1. The number of aliphatic hydroxyl groups excluding tert-OH is 1. The number of thiophene rings is 1. The van der Waals surface area contributed by atoms with Crippen LogP contribution in [0.15, 0.2) is 13.6 Å². The first-order valence-corrected chi connectivity index (χ1v) is 8.36. The minimum atomic E-state index is -0.200. The van der Waals surface area contributed by atoms with E-state index in [9.17, 15) is 9.90 Å². The van der Waals surface area contributed by atoms with E-state index in [4.69, 9.17) is 4.74 Å². The van der Waals surface area contributed by atoms with Crippen LogP contribution in [0, 0.1) is 0 Å². The van der Waals surface area contributed by atoms with E-state index in [1.807, 2.05) is 17.9 Å². The summed E-state index contributed by atoms with van der Waals surface area (Å²) in [6, 6.07) is 1.84. The van der Waals surface area contributed by atoms with Gasteiger partial charge in [0.05, 0.1) is 32.9 Å². The molecule has 2 rings (SSSR count). The van der Waals surface area contributed by atoms with Gasteiger partial charge in [-0.3, -0.25) is 9.69 Å². The van der Waals surface area contributed by atoms with Crippen molar-refractivity contribution in [2.24, 2.45) is 0 Å². The first-order chi connectivity index (χ1) is 8.99. The van der Waals surface area contributed by atoms with Crippen molar-refractivity contribution in [3.63, 3.8) is 0 Å². The van der Waals surface area contributed by atoms with Crippen LogP contribution in [0.25, 0.3) is 0 Å². The zero-order chi connectivity index (χ0) is 14.0. The zero-order valence-corrected chi connectivity index (χ0v) is 14.4. The van der Waals surface area contributed by atoms with Gasteiger partial charge < -0.3 is 9.84 Å². The predicted octanol–water partition coefficient (Wildman–Crippen LogP) is 2.54. The number of halogens is 2. The molecule has 0 aromatic carbocycles. The summed E-state index contributed by atoms with van der Waals surface area (Å²) in [4.78, 5) is 14.3. The van der Waals surface area contributed by atoms with Crippen LogP contribution in [0.1, 0.15) is 17.3 Å². The molecule has 0 radical (unpaired) electrons. The summed E-state index contributed by atoms with van der Waals surface area (Å²) >= 11 is 8.28. The molecule has 0 aliphatic carbocycles. The molecule has 106 valence electrons. The Hall–Kier alpha value is 0.210. The van der Waals surface area contributed by atoms with E-state index in [1.165, 1.54) is 11.3 Å². The second-order valence-electron chi connectivity index (χ2n) is 4.61. The van der Waals surface area contributed by atoms with Gasteiger partial charge in [0.25, 0.3) is 0 Å². The normalized spacial score (nSPS) is 24.6. The maximum absolute atomic E-state index is 12.3. The van der Waals surface area contributed by atoms with Crippen molar-refractivity contribution in [3.8, 4) is 0 Å². The van der Waals surface area contributed by atoms with Crippen molar-refractivity contribution in [1.29, 1.82) is 0 Å². The maximum Gasteiger partial charge on any atom is 0.178 e. The second-order valence-corrected chi connectivity index (χ2v) is 8.36. The number of ketones is 1. The number of nitrogens with zero attached hydrogens (tertiary/aromatic N) is 1.